The first kappa shape index (κ1) is 11.3. The van der Waals surface area contributed by atoms with Crippen molar-refractivity contribution in [3.63, 3.8) is 0 Å². The second-order valence-corrected chi connectivity index (χ2v) is 5.06. The number of nitrogens with one attached hydrogen (secondary N) is 1. The highest BCUT2D eigenvalue weighted by molar-refractivity contribution is 8.19. The van der Waals surface area contributed by atoms with Crippen LogP contribution in [0.25, 0.3) is 17.1 Å². The number of hydrogen-bond acceptors (Lipinski definition) is 5. The number of nitrogens with zero attached hydrogens (tertiary/aromatic N) is 2. The molecule has 1 fully saturated rings. The van der Waals surface area contributed by atoms with Crippen LogP contribution in [0, 0.1) is 0 Å². The van der Waals surface area contributed by atoms with Gasteiger partial charge in [0.2, 0.25) is 0 Å². The van der Waals surface area contributed by atoms with Crippen molar-refractivity contribution in [1.29, 1.82) is 0 Å². The van der Waals surface area contributed by atoms with E-state index in [2.05, 4.69) is 15.3 Å². The number of hydrogen-bond donors (Lipinski definition) is 1. The molecule has 1 saturated heterocycles. The average molecular weight is 273 g/mol. The Balaban J connectivity index is 2.02. The van der Waals surface area contributed by atoms with Crippen molar-refractivity contribution in [3.8, 4) is 0 Å². The lowest BCUT2D eigenvalue weighted by Crippen LogP contribution is -2.15. The Hall–Kier alpha value is -1.79. The zero-order chi connectivity index (χ0) is 12.5. The third-order valence-corrected chi connectivity index (χ3v) is 3.67. The van der Waals surface area contributed by atoms with Crippen molar-refractivity contribution in [2.45, 2.75) is 0 Å². The van der Waals surface area contributed by atoms with E-state index in [4.69, 9.17) is 12.2 Å². The number of carbonyl (C=O) groups excluding carboxylic acids is 1. The van der Waals surface area contributed by atoms with E-state index in [0.29, 0.717) is 15.6 Å². The summed E-state index contributed by atoms with van der Waals surface area (Å²) in [5.74, 6) is 0. The molecular formula is C12H7N3OS2. The van der Waals surface area contributed by atoms with E-state index < -0.39 is 0 Å². The van der Waals surface area contributed by atoms with Crippen LogP contribution in [-0.2, 0) is 0 Å². The number of fused-ring (bicyclic) bond motifs is 1. The van der Waals surface area contributed by atoms with E-state index >= 15 is 0 Å². The summed E-state index contributed by atoms with van der Waals surface area (Å²) >= 11 is 6.12. The number of aromatic nitrogens is 2. The predicted octanol–water partition coefficient (Wildman–Crippen LogP) is 2.75. The average Bonchev–Trinajstić information content (AvgIpc) is 2.68. The Labute approximate surface area is 113 Å². The van der Waals surface area contributed by atoms with Crippen LogP contribution in [0.1, 0.15) is 5.69 Å². The highest BCUT2D eigenvalue weighted by atomic mass is 32.2. The molecule has 3 rings (SSSR count). The molecule has 0 spiro atoms. The Morgan fingerprint density at radius 3 is 2.78 bits per heavy atom. The van der Waals surface area contributed by atoms with Crippen molar-refractivity contribution < 1.29 is 4.79 Å². The quantitative estimate of drug-likeness (QED) is 0.639. The third kappa shape index (κ3) is 2.12. The normalized spacial score (nSPS) is 17.4. The second-order valence-electron chi connectivity index (χ2n) is 3.64. The van der Waals surface area contributed by atoms with Crippen LogP contribution in [0.15, 0.2) is 35.4 Å². The van der Waals surface area contributed by atoms with Crippen LogP contribution in [-0.4, -0.2) is 20.2 Å². The van der Waals surface area contributed by atoms with Gasteiger partial charge in [0, 0.05) is 0 Å². The van der Waals surface area contributed by atoms with Gasteiger partial charge in [0.25, 0.3) is 5.24 Å². The number of thiocarbonyl (C=S) groups is 1. The Bertz CT molecular complexity index is 697. The molecule has 0 saturated carbocycles. The summed E-state index contributed by atoms with van der Waals surface area (Å²) in [4.78, 5) is 21.1. The van der Waals surface area contributed by atoms with E-state index in [1.807, 2.05) is 24.3 Å². The molecule has 88 valence electrons. The molecule has 4 nitrogen and oxygen atoms in total. The molecule has 1 aromatic carbocycles. The highest BCUT2D eigenvalue weighted by Gasteiger charge is 2.21. The van der Waals surface area contributed by atoms with Crippen LogP contribution in [0.2, 0.25) is 0 Å². The molecule has 0 unspecified atom stereocenters. The maximum absolute atomic E-state index is 11.2. The molecule has 1 aliphatic rings. The summed E-state index contributed by atoms with van der Waals surface area (Å²) in [5, 5.41) is 2.41. The zero-order valence-corrected chi connectivity index (χ0v) is 10.7. The summed E-state index contributed by atoms with van der Waals surface area (Å²) in [5.41, 5.74) is 2.35. The largest absolute Gasteiger partial charge is 0.307 e. The predicted molar refractivity (Wildman–Crippen MR) is 76.2 cm³/mol. The number of rotatable bonds is 1. The van der Waals surface area contributed by atoms with Gasteiger partial charge in [-0.25, -0.2) is 4.98 Å². The fourth-order valence-corrected chi connectivity index (χ4v) is 2.61. The molecule has 0 radical (unpaired) electrons. The summed E-state index contributed by atoms with van der Waals surface area (Å²) in [6.45, 7) is 0. The maximum atomic E-state index is 11.2. The molecule has 0 bridgehead atoms. The molecule has 0 aliphatic carbocycles. The van der Waals surface area contributed by atoms with Crippen LogP contribution in [0.3, 0.4) is 0 Å². The van der Waals surface area contributed by atoms with E-state index in [-0.39, 0.29) is 5.24 Å². The smallest absolute Gasteiger partial charge is 0.289 e. The van der Waals surface area contributed by atoms with Gasteiger partial charge in [-0.2, -0.15) is 0 Å². The molecule has 1 N–H and O–H groups in total. The second kappa shape index (κ2) is 4.47. The molecule has 2 heterocycles. The van der Waals surface area contributed by atoms with Crippen LogP contribution in [0.4, 0.5) is 4.79 Å². The first-order valence-corrected chi connectivity index (χ1v) is 6.41. The molecule has 0 atom stereocenters. The minimum absolute atomic E-state index is 0.153. The standard InChI is InChI=1S/C12H7N3OS2/c16-12-15-11(17)10(18-12)5-7-6-13-8-3-1-2-4-9(8)14-7/h1-6H,(H,15,16,17). The van der Waals surface area contributed by atoms with Crippen molar-refractivity contribution in [3.05, 3.63) is 41.1 Å². The van der Waals surface area contributed by atoms with Gasteiger partial charge < -0.3 is 5.32 Å². The van der Waals surface area contributed by atoms with Gasteiger partial charge in [0.1, 0.15) is 4.99 Å². The van der Waals surface area contributed by atoms with Crippen LogP contribution < -0.4 is 5.32 Å². The Morgan fingerprint density at radius 2 is 2.06 bits per heavy atom. The van der Waals surface area contributed by atoms with Crippen molar-refractivity contribution in [1.82, 2.24) is 15.3 Å². The molecule has 1 aromatic heterocycles. The summed E-state index contributed by atoms with van der Waals surface area (Å²) in [6.07, 6.45) is 3.44. The molecule has 1 amide bonds. The van der Waals surface area contributed by atoms with Crippen molar-refractivity contribution in [2.75, 3.05) is 0 Å². The SMILES string of the molecule is O=C1NC(=S)C(=Cc2cnc3ccccc3n2)S1. The molecular weight excluding hydrogens is 266 g/mol. The monoisotopic (exact) mass is 273 g/mol. The lowest BCUT2D eigenvalue weighted by molar-refractivity contribution is 0.265. The lowest BCUT2D eigenvalue weighted by atomic mass is 10.3. The Kier molecular flexibility index (Phi) is 2.81. The lowest BCUT2D eigenvalue weighted by Gasteiger charge is -1.98. The highest BCUT2D eigenvalue weighted by Crippen LogP contribution is 2.26. The number of carbonyl (C=O) groups is 1. The topological polar surface area (TPSA) is 54.9 Å². The molecule has 18 heavy (non-hydrogen) atoms. The summed E-state index contributed by atoms with van der Waals surface area (Å²) in [6, 6.07) is 7.63. The van der Waals surface area contributed by atoms with E-state index in [1.54, 1.807) is 12.3 Å². The first-order valence-electron chi connectivity index (χ1n) is 5.19. The number of para-hydroxylation sites is 2. The van der Waals surface area contributed by atoms with Gasteiger partial charge >= 0.3 is 0 Å². The number of amides is 1. The van der Waals surface area contributed by atoms with Gasteiger partial charge in [-0.1, -0.05) is 24.4 Å². The van der Waals surface area contributed by atoms with Gasteiger partial charge in [-0.15, -0.1) is 0 Å². The van der Waals surface area contributed by atoms with Gasteiger partial charge in [-0.3, -0.25) is 9.78 Å². The Morgan fingerprint density at radius 1 is 1.28 bits per heavy atom. The molecule has 1 aliphatic heterocycles. The minimum Gasteiger partial charge on any atom is -0.307 e. The maximum Gasteiger partial charge on any atom is 0.289 e. The fraction of sp³-hybridized carbons (Fsp3) is 0. The van der Waals surface area contributed by atoms with Gasteiger partial charge in [0.05, 0.1) is 27.8 Å². The number of benzene rings is 1. The summed E-state index contributed by atoms with van der Waals surface area (Å²) in [7, 11) is 0. The number of thioether (sulfide) groups is 1. The van der Waals surface area contributed by atoms with Crippen LogP contribution >= 0.6 is 24.0 Å². The van der Waals surface area contributed by atoms with Gasteiger partial charge in [-0.05, 0) is 30.0 Å². The van der Waals surface area contributed by atoms with E-state index in [1.165, 1.54) is 0 Å². The summed E-state index contributed by atoms with van der Waals surface area (Å²) < 4.78 is 0. The molecule has 2 aromatic rings. The molecule has 6 heteroatoms. The van der Waals surface area contributed by atoms with Crippen molar-refractivity contribution in [2.24, 2.45) is 0 Å². The third-order valence-electron chi connectivity index (χ3n) is 2.39. The first-order chi connectivity index (χ1) is 8.72. The fourth-order valence-electron chi connectivity index (χ4n) is 1.60. The van der Waals surface area contributed by atoms with Gasteiger partial charge in [0.15, 0.2) is 0 Å². The van der Waals surface area contributed by atoms with E-state index in [0.717, 1.165) is 22.8 Å². The zero-order valence-electron chi connectivity index (χ0n) is 9.08. The minimum atomic E-state index is -0.153. The van der Waals surface area contributed by atoms with Crippen molar-refractivity contribution >= 4 is 51.3 Å². The van der Waals surface area contributed by atoms with Crippen LogP contribution in [0.5, 0.6) is 0 Å². The van der Waals surface area contributed by atoms with E-state index in [9.17, 15) is 4.79 Å².